The van der Waals surface area contributed by atoms with Crippen molar-refractivity contribution < 1.29 is 9.53 Å². The first-order chi connectivity index (χ1) is 9.76. The van der Waals surface area contributed by atoms with E-state index in [1.165, 1.54) is 0 Å². The Kier molecular flexibility index (Phi) is 5.18. The lowest BCUT2D eigenvalue weighted by atomic mass is 10.0. The predicted molar refractivity (Wildman–Crippen MR) is 79.8 cm³/mol. The SMILES string of the molecule is C=CCOc1ccccc1C(=O)NC1CCCC1CN. The van der Waals surface area contributed by atoms with E-state index in [0.717, 1.165) is 19.3 Å². The van der Waals surface area contributed by atoms with Crippen molar-refractivity contribution in [3.05, 3.63) is 42.5 Å². The van der Waals surface area contributed by atoms with Crippen LogP contribution in [0.5, 0.6) is 5.75 Å². The van der Waals surface area contributed by atoms with E-state index in [1.54, 1.807) is 18.2 Å². The van der Waals surface area contributed by atoms with Crippen molar-refractivity contribution >= 4 is 5.91 Å². The number of carbonyl (C=O) groups is 1. The van der Waals surface area contributed by atoms with Crippen LogP contribution in [0, 0.1) is 5.92 Å². The van der Waals surface area contributed by atoms with Crippen LogP contribution in [0.15, 0.2) is 36.9 Å². The number of ether oxygens (including phenoxy) is 1. The molecule has 1 aromatic carbocycles. The van der Waals surface area contributed by atoms with E-state index in [0.29, 0.717) is 30.4 Å². The van der Waals surface area contributed by atoms with Gasteiger partial charge in [-0.15, -0.1) is 0 Å². The Hall–Kier alpha value is -1.81. The lowest BCUT2D eigenvalue weighted by Crippen LogP contribution is -2.40. The molecule has 20 heavy (non-hydrogen) atoms. The first-order valence-corrected chi connectivity index (χ1v) is 7.10. The van der Waals surface area contributed by atoms with E-state index in [9.17, 15) is 4.79 Å². The summed E-state index contributed by atoms with van der Waals surface area (Å²) in [4.78, 5) is 12.4. The van der Waals surface area contributed by atoms with Crippen LogP contribution in [0.1, 0.15) is 29.6 Å². The highest BCUT2D eigenvalue weighted by atomic mass is 16.5. The number of para-hydroxylation sites is 1. The summed E-state index contributed by atoms with van der Waals surface area (Å²) < 4.78 is 5.52. The molecule has 4 nitrogen and oxygen atoms in total. The molecule has 2 unspecified atom stereocenters. The summed E-state index contributed by atoms with van der Waals surface area (Å²) in [5, 5.41) is 3.09. The standard InChI is InChI=1S/C16H22N2O2/c1-2-10-20-15-9-4-3-7-13(15)16(19)18-14-8-5-6-12(14)11-17/h2-4,7,9,12,14H,1,5-6,8,10-11,17H2,(H,18,19). The van der Waals surface area contributed by atoms with Crippen molar-refractivity contribution in [3.63, 3.8) is 0 Å². The van der Waals surface area contributed by atoms with Crippen LogP contribution in [-0.4, -0.2) is 25.1 Å². The molecule has 0 spiro atoms. The van der Waals surface area contributed by atoms with E-state index in [4.69, 9.17) is 10.5 Å². The Morgan fingerprint density at radius 1 is 1.45 bits per heavy atom. The fourth-order valence-electron chi connectivity index (χ4n) is 2.68. The van der Waals surface area contributed by atoms with Crippen LogP contribution >= 0.6 is 0 Å². The number of rotatable bonds is 6. The average molecular weight is 274 g/mol. The molecular weight excluding hydrogens is 252 g/mol. The third kappa shape index (κ3) is 3.39. The maximum atomic E-state index is 12.4. The Balaban J connectivity index is 2.06. The number of nitrogens with one attached hydrogen (secondary N) is 1. The first-order valence-electron chi connectivity index (χ1n) is 7.10. The predicted octanol–water partition coefficient (Wildman–Crippen LogP) is 2.11. The molecule has 4 heteroatoms. The van der Waals surface area contributed by atoms with Crippen molar-refractivity contribution in [1.82, 2.24) is 5.32 Å². The molecule has 1 aliphatic carbocycles. The molecule has 0 aliphatic heterocycles. The second-order valence-corrected chi connectivity index (χ2v) is 5.10. The zero-order valence-electron chi connectivity index (χ0n) is 11.7. The van der Waals surface area contributed by atoms with Gasteiger partial charge in [0.1, 0.15) is 12.4 Å². The van der Waals surface area contributed by atoms with E-state index in [1.807, 2.05) is 12.1 Å². The van der Waals surface area contributed by atoms with Gasteiger partial charge >= 0.3 is 0 Å². The number of amides is 1. The number of hydrogen-bond acceptors (Lipinski definition) is 3. The number of carbonyl (C=O) groups excluding carboxylic acids is 1. The molecule has 0 radical (unpaired) electrons. The lowest BCUT2D eigenvalue weighted by molar-refractivity contribution is 0.0925. The number of nitrogens with two attached hydrogens (primary N) is 1. The molecule has 2 atom stereocenters. The van der Waals surface area contributed by atoms with E-state index in [-0.39, 0.29) is 11.9 Å². The van der Waals surface area contributed by atoms with E-state index >= 15 is 0 Å². The average Bonchev–Trinajstić information content (AvgIpc) is 2.92. The molecule has 1 aromatic rings. The fourth-order valence-corrected chi connectivity index (χ4v) is 2.68. The van der Waals surface area contributed by atoms with Crippen molar-refractivity contribution in [3.8, 4) is 5.75 Å². The normalized spacial score (nSPS) is 21.4. The van der Waals surface area contributed by atoms with Gasteiger partial charge in [0.2, 0.25) is 0 Å². The second kappa shape index (κ2) is 7.10. The lowest BCUT2D eigenvalue weighted by Gasteiger charge is -2.20. The molecule has 0 heterocycles. The Morgan fingerprint density at radius 3 is 3.00 bits per heavy atom. The summed E-state index contributed by atoms with van der Waals surface area (Å²) in [5.74, 6) is 0.891. The highest BCUT2D eigenvalue weighted by molar-refractivity contribution is 5.97. The van der Waals surface area contributed by atoms with Gasteiger partial charge in [-0.3, -0.25) is 4.79 Å². The highest BCUT2D eigenvalue weighted by Crippen LogP contribution is 2.26. The monoisotopic (exact) mass is 274 g/mol. The van der Waals surface area contributed by atoms with Gasteiger partial charge in [0.25, 0.3) is 5.91 Å². The van der Waals surface area contributed by atoms with Crippen molar-refractivity contribution in [2.45, 2.75) is 25.3 Å². The van der Waals surface area contributed by atoms with Crippen molar-refractivity contribution in [2.75, 3.05) is 13.2 Å². The summed E-state index contributed by atoms with van der Waals surface area (Å²) in [5.41, 5.74) is 6.31. The molecule has 2 rings (SSSR count). The molecule has 3 N–H and O–H groups in total. The molecule has 108 valence electrons. The number of hydrogen-bond donors (Lipinski definition) is 2. The summed E-state index contributed by atoms with van der Waals surface area (Å²) in [7, 11) is 0. The molecule has 1 saturated carbocycles. The Morgan fingerprint density at radius 2 is 2.25 bits per heavy atom. The first kappa shape index (κ1) is 14.6. The fraction of sp³-hybridized carbons (Fsp3) is 0.438. The minimum atomic E-state index is -0.0880. The molecule has 1 aliphatic rings. The Labute approximate surface area is 120 Å². The van der Waals surface area contributed by atoms with E-state index in [2.05, 4.69) is 11.9 Å². The van der Waals surface area contributed by atoms with Gasteiger partial charge in [0.05, 0.1) is 5.56 Å². The summed E-state index contributed by atoms with van der Waals surface area (Å²) in [6, 6.07) is 7.45. The smallest absolute Gasteiger partial charge is 0.255 e. The van der Waals surface area contributed by atoms with Gasteiger partial charge in [-0.05, 0) is 37.4 Å². The zero-order chi connectivity index (χ0) is 14.4. The van der Waals surface area contributed by atoms with Crippen molar-refractivity contribution in [2.24, 2.45) is 11.7 Å². The van der Waals surface area contributed by atoms with Crippen LogP contribution in [0.4, 0.5) is 0 Å². The van der Waals surface area contributed by atoms with Gasteiger partial charge < -0.3 is 15.8 Å². The summed E-state index contributed by atoms with van der Waals surface area (Å²) >= 11 is 0. The van der Waals surface area contributed by atoms with Gasteiger partial charge in [-0.25, -0.2) is 0 Å². The molecule has 1 fully saturated rings. The van der Waals surface area contributed by atoms with Gasteiger partial charge in [0.15, 0.2) is 0 Å². The molecule has 1 amide bonds. The minimum Gasteiger partial charge on any atom is -0.489 e. The number of benzene rings is 1. The van der Waals surface area contributed by atoms with Gasteiger partial charge in [-0.2, -0.15) is 0 Å². The molecular formula is C16H22N2O2. The van der Waals surface area contributed by atoms with E-state index < -0.39 is 0 Å². The maximum absolute atomic E-state index is 12.4. The van der Waals surface area contributed by atoms with Gasteiger partial charge in [-0.1, -0.05) is 31.2 Å². The van der Waals surface area contributed by atoms with Crippen LogP contribution in [-0.2, 0) is 0 Å². The molecule has 0 bridgehead atoms. The topological polar surface area (TPSA) is 64.3 Å². The minimum absolute atomic E-state index is 0.0880. The molecule has 0 saturated heterocycles. The quantitative estimate of drug-likeness (QED) is 0.781. The highest BCUT2D eigenvalue weighted by Gasteiger charge is 2.28. The molecule has 0 aromatic heterocycles. The van der Waals surface area contributed by atoms with Crippen molar-refractivity contribution in [1.29, 1.82) is 0 Å². The maximum Gasteiger partial charge on any atom is 0.255 e. The van der Waals surface area contributed by atoms with Crippen LogP contribution in [0.2, 0.25) is 0 Å². The van der Waals surface area contributed by atoms with Crippen LogP contribution in [0.25, 0.3) is 0 Å². The van der Waals surface area contributed by atoms with Gasteiger partial charge in [0, 0.05) is 6.04 Å². The third-order valence-electron chi connectivity index (χ3n) is 3.77. The summed E-state index contributed by atoms with van der Waals surface area (Å²) in [6.07, 6.45) is 4.89. The van der Waals surface area contributed by atoms with Crippen LogP contribution in [0.3, 0.4) is 0 Å². The second-order valence-electron chi connectivity index (χ2n) is 5.10. The zero-order valence-corrected chi connectivity index (χ0v) is 11.7. The van der Waals surface area contributed by atoms with Crippen LogP contribution < -0.4 is 15.8 Å². The summed E-state index contributed by atoms with van der Waals surface area (Å²) in [6.45, 7) is 4.63. The third-order valence-corrected chi connectivity index (χ3v) is 3.77. The Bertz CT molecular complexity index is 473. The largest absolute Gasteiger partial charge is 0.489 e.